The van der Waals surface area contributed by atoms with Gasteiger partial charge in [-0.15, -0.1) is 0 Å². The first kappa shape index (κ1) is 29.7. The van der Waals surface area contributed by atoms with Gasteiger partial charge in [-0.25, -0.2) is 13.6 Å². The smallest absolute Gasteiger partial charge is 0.408 e. The second kappa shape index (κ2) is 11.5. The van der Waals surface area contributed by atoms with Gasteiger partial charge >= 0.3 is 12.1 Å². The molecule has 43 heavy (non-hydrogen) atoms. The van der Waals surface area contributed by atoms with E-state index in [9.17, 15) is 36.6 Å². The second-order valence-electron chi connectivity index (χ2n) is 9.87. The van der Waals surface area contributed by atoms with E-state index in [0.29, 0.717) is 50.3 Å². The topological polar surface area (TPSA) is 106 Å². The summed E-state index contributed by atoms with van der Waals surface area (Å²) in [6, 6.07) is 11.0. The Bertz CT molecular complexity index is 1780. The minimum atomic E-state index is -4.60. The van der Waals surface area contributed by atoms with Crippen molar-refractivity contribution in [2.45, 2.75) is 31.1 Å². The highest BCUT2D eigenvalue weighted by Gasteiger charge is 2.49. The molecular weight excluding hydrogens is 595 g/mol. The van der Waals surface area contributed by atoms with Gasteiger partial charge in [-0.05, 0) is 42.3 Å². The summed E-state index contributed by atoms with van der Waals surface area (Å²) in [5.41, 5.74) is 0.940. The Morgan fingerprint density at radius 2 is 1.81 bits per heavy atom. The number of amides is 1. The van der Waals surface area contributed by atoms with Gasteiger partial charge in [-0.2, -0.15) is 18.4 Å². The minimum absolute atomic E-state index is 0.0747. The number of nitrogens with one attached hydrogen (secondary N) is 1. The van der Waals surface area contributed by atoms with Gasteiger partial charge in [0.15, 0.2) is 0 Å². The second-order valence-corrected chi connectivity index (χ2v) is 10.3. The zero-order valence-corrected chi connectivity index (χ0v) is 22.7. The van der Waals surface area contributed by atoms with Crippen molar-refractivity contribution in [1.29, 1.82) is 5.26 Å². The third-order valence-electron chi connectivity index (χ3n) is 7.26. The highest BCUT2D eigenvalue weighted by atomic mass is 35.5. The van der Waals surface area contributed by atoms with Gasteiger partial charge in [0.25, 0.3) is 5.91 Å². The molecule has 1 amide bonds. The zero-order valence-electron chi connectivity index (χ0n) is 21.9. The Labute approximate surface area is 246 Å². The Balaban J connectivity index is 1.42. The molecule has 0 spiro atoms. The van der Waals surface area contributed by atoms with Crippen molar-refractivity contribution in [2.24, 2.45) is 0 Å². The number of nitriles is 1. The van der Waals surface area contributed by atoms with Crippen LogP contribution in [0.5, 0.6) is 0 Å². The van der Waals surface area contributed by atoms with Gasteiger partial charge in [0.2, 0.25) is 0 Å². The van der Waals surface area contributed by atoms with Crippen LogP contribution in [0, 0.1) is 23.0 Å². The first-order valence-electron chi connectivity index (χ1n) is 12.8. The molecule has 2 heterocycles. The normalized spacial score (nSPS) is 15.5. The molecule has 0 bridgehead atoms. The van der Waals surface area contributed by atoms with Crippen LogP contribution in [-0.4, -0.2) is 46.8 Å². The van der Waals surface area contributed by atoms with E-state index in [2.05, 4.69) is 10.3 Å². The number of hydrogen-bond donors (Lipinski definition) is 2. The highest BCUT2D eigenvalue weighted by Crippen LogP contribution is 2.38. The van der Waals surface area contributed by atoms with E-state index in [1.54, 1.807) is 36.4 Å². The number of carbonyl (C=O) groups excluding carboxylic acids is 1. The van der Waals surface area contributed by atoms with Crippen LogP contribution in [0.2, 0.25) is 5.02 Å². The summed E-state index contributed by atoms with van der Waals surface area (Å²) in [6.45, 7) is -0.0747. The van der Waals surface area contributed by atoms with Crippen LogP contribution in [0.1, 0.15) is 27.9 Å². The predicted molar refractivity (Wildman–Crippen MR) is 148 cm³/mol. The summed E-state index contributed by atoms with van der Waals surface area (Å²) in [7, 11) is 0. The van der Waals surface area contributed by atoms with E-state index in [4.69, 9.17) is 16.9 Å². The number of aliphatic carboxylic acids is 1. The van der Waals surface area contributed by atoms with Crippen molar-refractivity contribution in [3.63, 3.8) is 0 Å². The van der Waals surface area contributed by atoms with Crippen molar-refractivity contribution in [3.05, 3.63) is 94.1 Å². The van der Waals surface area contributed by atoms with Crippen LogP contribution in [0.4, 0.5) is 27.6 Å². The van der Waals surface area contributed by atoms with Crippen LogP contribution in [-0.2, 0) is 11.2 Å². The number of benzene rings is 3. The lowest BCUT2D eigenvalue weighted by Crippen LogP contribution is -2.56. The standard InChI is InChI=1S/C30H20ClF5N4O3/c31-21-10-15(14-37)3-5-19(21)20-6-4-16(18-2-1-8-38-27(18)20)11-24(29(42)43)39-28(41)26-22(32)12-17(13-23(26)33)40-9-7-25(40)30(34,35)36/h1-6,8,10,12-13,24-25H,7,9,11H2,(H,39,41)(H,42,43). The molecule has 2 N–H and O–H groups in total. The fourth-order valence-electron chi connectivity index (χ4n) is 5.06. The van der Waals surface area contributed by atoms with Crippen LogP contribution in [0.15, 0.2) is 60.8 Å². The van der Waals surface area contributed by atoms with E-state index in [0.717, 1.165) is 4.90 Å². The first-order chi connectivity index (χ1) is 20.4. The molecule has 4 aromatic rings. The van der Waals surface area contributed by atoms with Crippen molar-refractivity contribution in [2.75, 3.05) is 11.4 Å². The number of nitrogens with zero attached hydrogens (tertiary/aromatic N) is 3. The molecule has 2 atom stereocenters. The molecule has 13 heteroatoms. The largest absolute Gasteiger partial charge is 0.480 e. The van der Waals surface area contributed by atoms with Gasteiger partial charge in [0, 0.05) is 46.4 Å². The molecule has 3 aromatic carbocycles. The number of alkyl halides is 3. The number of carboxylic acids is 1. The number of pyridine rings is 1. The molecule has 0 saturated carbocycles. The number of carbonyl (C=O) groups is 2. The number of carboxylic acid groups (broad SMARTS) is 1. The average Bonchev–Trinajstić information content (AvgIpc) is 2.91. The van der Waals surface area contributed by atoms with Crippen molar-refractivity contribution >= 4 is 40.1 Å². The van der Waals surface area contributed by atoms with Gasteiger partial charge in [-0.3, -0.25) is 9.78 Å². The Kier molecular flexibility index (Phi) is 7.94. The van der Waals surface area contributed by atoms with Gasteiger partial charge < -0.3 is 15.3 Å². The van der Waals surface area contributed by atoms with E-state index in [1.807, 2.05) is 6.07 Å². The Morgan fingerprint density at radius 1 is 1.12 bits per heavy atom. The van der Waals surface area contributed by atoms with E-state index in [1.165, 1.54) is 12.3 Å². The van der Waals surface area contributed by atoms with Gasteiger partial charge in [-0.1, -0.05) is 35.9 Å². The molecule has 2 unspecified atom stereocenters. The fourth-order valence-corrected chi connectivity index (χ4v) is 5.34. The summed E-state index contributed by atoms with van der Waals surface area (Å²) in [5, 5.41) is 21.9. The lowest BCUT2D eigenvalue weighted by atomic mass is 9.94. The SMILES string of the molecule is N#Cc1ccc(-c2ccc(CC(NC(=O)c3c(F)cc(N4CCC4C(F)(F)F)cc3F)C(=O)O)c3cccnc23)c(Cl)c1. The highest BCUT2D eigenvalue weighted by molar-refractivity contribution is 6.33. The molecule has 1 fully saturated rings. The maximum Gasteiger partial charge on any atom is 0.408 e. The predicted octanol–water partition coefficient (Wildman–Crippen LogP) is 6.27. The number of aromatic nitrogens is 1. The lowest BCUT2D eigenvalue weighted by molar-refractivity contribution is -0.159. The van der Waals surface area contributed by atoms with Crippen LogP contribution < -0.4 is 10.2 Å². The zero-order chi connectivity index (χ0) is 31.1. The van der Waals surface area contributed by atoms with E-state index >= 15 is 0 Å². The Hall–Kier alpha value is -4.76. The number of anilines is 1. The quantitative estimate of drug-likeness (QED) is 0.238. The molecule has 220 valence electrons. The number of halogens is 6. The third-order valence-corrected chi connectivity index (χ3v) is 7.57. The van der Waals surface area contributed by atoms with Gasteiger partial charge in [0.1, 0.15) is 29.3 Å². The van der Waals surface area contributed by atoms with E-state index < -0.39 is 47.3 Å². The third kappa shape index (κ3) is 5.81. The maximum atomic E-state index is 14.9. The molecule has 5 rings (SSSR count). The number of rotatable bonds is 7. The lowest BCUT2D eigenvalue weighted by Gasteiger charge is -2.43. The summed E-state index contributed by atoms with van der Waals surface area (Å²) in [5.74, 6) is -5.73. The minimum Gasteiger partial charge on any atom is -0.480 e. The van der Waals surface area contributed by atoms with E-state index in [-0.39, 0.29) is 25.1 Å². The van der Waals surface area contributed by atoms with Crippen molar-refractivity contribution in [1.82, 2.24) is 10.3 Å². The van der Waals surface area contributed by atoms with Crippen molar-refractivity contribution in [3.8, 4) is 17.2 Å². The molecule has 1 saturated heterocycles. The molecule has 0 radical (unpaired) electrons. The van der Waals surface area contributed by atoms with Gasteiger partial charge in [0.05, 0.1) is 17.1 Å². The maximum absolute atomic E-state index is 14.9. The van der Waals surface area contributed by atoms with Crippen LogP contribution in [0.3, 0.4) is 0 Å². The molecule has 1 aliphatic rings. The molecule has 0 aliphatic carbocycles. The summed E-state index contributed by atoms with van der Waals surface area (Å²) < 4.78 is 69.1. The first-order valence-corrected chi connectivity index (χ1v) is 13.2. The molecule has 1 aliphatic heterocycles. The summed E-state index contributed by atoms with van der Waals surface area (Å²) in [6.07, 6.45) is -3.61. The average molecular weight is 615 g/mol. The number of fused-ring (bicyclic) bond motifs is 1. The molecule has 7 nitrogen and oxygen atoms in total. The molecule has 1 aromatic heterocycles. The monoisotopic (exact) mass is 614 g/mol. The van der Waals surface area contributed by atoms with Crippen LogP contribution >= 0.6 is 11.6 Å². The fraction of sp³-hybridized carbons (Fsp3) is 0.200. The number of hydrogen-bond acceptors (Lipinski definition) is 5. The summed E-state index contributed by atoms with van der Waals surface area (Å²) in [4.78, 5) is 30.2. The Morgan fingerprint density at radius 3 is 2.40 bits per heavy atom. The summed E-state index contributed by atoms with van der Waals surface area (Å²) >= 11 is 6.40. The van der Waals surface area contributed by atoms with Crippen molar-refractivity contribution < 1.29 is 36.6 Å². The molecular formula is C30H20ClF5N4O3. The van der Waals surface area contributed by atoms with Crippen LogP contribution in [0.25, 0.3) is 22.0 Å².